The van der Waals surface area contributed by atoms with E-state index in [2.05, 4.69) is 16.2 Å². The SMILES string of the molecule is O=C(NNc1ccc(F)c(Cl)c1)Nc1ccc2c(c1)OCO2. The topological polar surface area (TPSA) is 71.6 Å². The van der Waals surface area contributed by atoms with Crippen LogP contribution in [-0.2, 0) is 0 Å². The zero-order valence-corrected chi connectivity index (χ0v) is 11.9. The number of fused-ring (bicyclic) bond motifs is 1. The summed E-state index contributed by atoms with van der Waals surface area (Å²) in [6.07, 6.45) is 0. The summed E-state index contributed by atoms with van der Waals surface area (Å²) in [7, 11) is 0. The normalized spacial score (nSPS) is 11.9. The lowest BCUT2D eigenvalue weighted by Crippen LogP contribution is -2.33. The zero-order valence-electron chi connectivity index (χ0n) is 11.2. The van der Waals surface area contributed by atoms with Gasteiger partial charge in [0.15, 0.2) is 11.5 Å². The second-order valence-electron chi connectivity index (χ2n) is 4.40. The van der Waals surface area contributed by atoms with Crippen molar-refractivity contribution in [3.05, 3.63) is 47.2 Å². The smallest absolute Gasteiger partial charge is 0.337 e. The molecule has 0 atom stereocenters. The number of hydrazine groups is 1. The first-order chi connectivity index (χ1) is 10.6. The molecule has 2 amide bonds. The highest BCUT2D eigenvalue weighted by molar-refractivity contribution is 6.31. The highest BCUT2D eigenvalue weighted by Crippen LogP contribution is 2.34. The Morgan fingerprint density at radius 2 is 1.86 bits per heavy atom. The minimum Gasteiger partial charge on any atom is -0.454 e. The monoisotopic (exact) mass is 323 g/mol. The number of amides is 2. The van der Waals surface area contributed by atoms with E-state index < -0.39 is 11.8 Å². The maximum atomic E-state index is 13.0. The number of ether oxygens (including phenoxy) is 2. The fraction of sp³-hybridized carbons (Fsp3) is 0.0714. The average molecular weight is 324 g/mol. The molecule has 0 fully saturated rings. The minimum atomic E-state index is -0.531. The Labute approximate surface area is 130 Å². The van der Waals surface area contributed by atoms with Gasteiger partial charge in [0.05, 0.1) is 10.7 Å². The van der Waals surface area contributed by atoms with Crippen molar-refractivity contribution in [3.8, 4) is 11.5 Å². The minimum absolute atomic E-state index is 0.0389. The van der Waals surface area contributed by atoms with Crippen molar-refractivity contribution in [2.45, 2.75) is 0 Å². The Bertz CT molecular complexity index is 726. The van der Waals surface area contributed by atoms with Gasteiger partial charge in [0, 0.05) is 11.8 Å². The van der Waals surface area contributed by atoms with Crippen LogP contribution < -0.4 is 25.6 Å². The molecule has 3 N–H and O–H groups in total. The summed E-state index contributed by atoms with van der Waals surface area (Å²) >= 11 is 5.64. The number of carbonyl (C=O) groups excluding carboxylic acids is 1. The number of hydrogen-bond acceptors (Lipinski definition) is 4. The van der Waals surface area contributed by atoms with Gasteiger partial charge in [-0.25, -0.2) is 9.18 Å². The molecule has 0 radical (unpaired) electrons. The first-order valence-corrected chi connectivity index (χ1v) is 6.67. The van der Waals surface area contributed by atoms with Crippen LogP contribution in [0.2, 0.25) is 5.02 Å². The van der Waals surface area contributed by atoms with Gasteiger partial charge in [-0.2, -0.15) is 0 Å². The number of rotatable bonds is 3. The number of nitrogens with one attached hydrogen (secondary N) is 3. The van der Waals surface area contributed by atoms with Crippen LogP contribution in [0.3, 0.4) is 0 Å². The number of halogens is 2. The van der Waals surface area contributed by atoms with E-state index in [0.29, 0.717) is 22.9 Å². The van der Waals surface area contributed by atoms with Gasteiger partial charge in [0.25, 0.3) is 0 Å². The predicted molar refractivity (Wildman–Crippen MR) is 79.8 cm³/mol. The first kappa shape index (κ1) is 14.3. The van der Waals surface area contributed by atoms with Crippen molar-refractivity contribution in [1.29, 1.82) is 0 Å². The molecule has 2 aromatic carbocycles. The number of hydrogen-bond donors (Lipinski definition) is 3. The third kappa shape index (κ3) is 3.15. The zero-order chi connectivity index (χ0) is 15.5. The van der Waals surface area contributed by atoms with Gasteiger partial charge in [0.1, 0.15) is 5.82 Å². The van der Waals surface area contributed by atoms with Crippen molar-refractivity contribution in [2.75, 3.05) is 17.5 Å². The third-order valence-electron chi connectivity index (χ3n) is 2.87. The van der Waals surface area contributed by atoms with Gasteiger partial charge in [-0.3, -0.25) is 10.9 Å². The fourth-order valence-electron chi connectivity index (χ4n) is 1.84. The summed E-state index contributed by atoms with van der Waals surface area (Å²) in [6.45, 7) is 0.165. The fourth-order valence-corrected chi connectivity index (χ4v) is 2.02. The largest absolute Gasteiger partial charge is 0.454 e. The second kappa shape index (κ2) is 5.98. The van der Waals surface area contributed by atoms with Crippen molar-refractivity contribution < 1.29 is 18.7 Å². The Morgan fingerprint density at radius 3 is 2.68 bits per heavy atom. The summed E-state index contributed by atoms with van der Waals surface area (Å²) in [5.41, 5.74) is 6.02. The van der Waals surface area contributed by atoms with Gasteiger partial charge >= 0.3 is 6.03 Å². The van der Waals surface area contributed by atoms with E-state index in [1.807, 2.05) is 0 Å². The number of carbonyl (C=O) groups is 1. The van der Waals surface area contributed by atoms with Crippen LogP contribution in [0.5, 0.6) is 11.5 Å². The van der Waals surface area contributed by atoms with Gasteiger partial charge < -0.3 is 14.8 Å². The lowest BCUT2D eigenvalue weighted by atomic mass is 10.3. The van der Waals surface area contributed by atoms with Crippen LogP contribution in [0.4, 0.5) is 20.6 Å². The molecule has 8 heteroatoms. The van der Waals surface area contributed by atoms with Gasteiger partial charge in [-0.05, 0) is 30.3 Å². The molecule has 22 heavy (non-hydrogen) atoms. The quantitative estimate of drug-likeness (QED) is 0.757. The molecule has 0 aromatic heterocycles. The third-order valence-corrected chi connectivity index (χ3v) is 3.16. The van der Waals surface area contributed by atoms with E-state index in [0.717, 1.165) is 0 Å². The predicted octanol–water partition coefficient (Wildman–Crippen LogP) is 3.36. The van der Waals surface area contributed by atoms with Crippen LogP contribution in [0, 0.1) is 5.82 Å². The molecule has 0 saturated carbocycles. The second-order valence-corrected chi connectivity index (χ2v) is 4.81. The Hall–Kier alpha value is -2.67. The molecular weight excluding hydrogens is 313 g/mol. The molecule has 3 rings (SSSR count). The van der Waals surface area contributed by atoms with E-state index in [-0.39, 0.29) is 11.8 Å². The standard InChI is InChI=1S/C14H11ClFN3O3/c15-10-5-9(1-3-11(10)16)18-19-14(20)17-8-2-4-12-13(6-8)22-7-21-12/h1-6,18H,7H2,(H2,17,19,20). The van der Waals surface area contributed by atoms with Crippen LogP contribution in [0.15, 0.2) is 36.4 Å². The maximum absolute atomic E-state index is 13.0. The summed E-state index contributed by atoms with van der Waals surface area (Å²) in [5, 5.41) is 2.57. The van der Waals surface area contributed by atoms with Gasteiger partial charge in [-0.1, -0.05) is 11.6 Å². The lowest BCUT2D eigenvalue weighted by Gasteiger charge is -2.10. The molecule has 0 saturated heterocycles. The van der Waals surface area contributed by atoms with Crippen molar-refractivity contribution in [2.24, 2.45) is 0 Å². The molecule has 0 unspecified atom stereocenters. The van der Waals surface area contributed by atoms with Crippen molar-refractivity contribution in [3.63, 3.8) is 0 Å². The van der Waals surface area contributed by atoms with Gasteiger partial charge in [-0.15, -0.1) is 0 Å². The highest BCUT2D eigenvalue weighted by atomic mass is 35.5. The number of urea groups is 1. The molecule has 6 nitrogen and oxygen atoms in total. The van der Waals surface area contributed by atoms with Crippen LogP contribution in [-0.4, -0.2) is 12.8 Å². The summed E-state index contributed by atoms with van der Waals surface area (Å²) in [6, 6.07) is 8.53. The molecule has 0 bridgehead atoms. The molecule has 1 aliphatic rings. The highest BCUT2D eigenvalue weighted by Gasteiger charge is 2.14. The van der Waals surface area contributed by atoms with Crippen LogP contribution in [0.1, 0.15) is 0 Å². The average Bonchev–Trinajstić information content (AvgIpc) is 2.96. The van der Waals surface area contributed by atoms with Crippen LogP contribution >= 0.6 is 11.6 Å². The molecule has 0 spiro atoms. The maximum Gasteiger partial charge on any atom is 0.337 e. The lowest BCUT2D eigenvalue weighted by molar-refractivity contribution is 0.174. The molecular formula is C14H11ClFN3O3. The number of benzene rings is 2. The number of anilines is 2. The molecule has 1 heterocycles. The van der Waals surface area contributed by atoms with Crippen molar-refractivity contribution >= 4 is 29.0 Å². The summed E-state index contributed by atoms with van der Waals surface area (Å²) < 4.78 is 23.4. The molecule has 2 aromatic rings. The van der Waals surface area contributed by atoms with E-state index in [9.17, 15) is 9.18 Å². The van der Waals surface area contributed by atoms with E-state index in [1.165, 1.54) is 18.2 Å². The first-order valence-electron chi connectivity index (χ1n) is 6.29. The van der Waals surface area contributed by atoms with E-state index in [4.69, 9.17) is 21.1 Å². The Balaban J connectivity index is 1.57. The Morgan fingerprint density at radius 1 is 1.09 bits per heavy atom. The molecule has 114 valence electrons. The van der Waals surface area contributed by atoms with Crippen LogP contribution in [0.25, 0.3) is 0 Å². The molecule has 0 aliphatic carbocycles. The summed E-state index contributed by atoms with van der Waals surface area (Å²) in [4.78, 5) is 11.8. The molecule has 1 aliphatic heterocycles. The van der Waals surface area contributed by atoms with E-state index >= 15 is 0 Å². The Kier molecular flexibility index (Phi) is 3.88. The summed E-state index contributed by atoms with van der Waals surface area (Å²) in [5.74, 6) is 0.665. The van der Waals surface area contributed by atoms with Gasteiger partial charge in [0.2, 0.25) is 6.79 Å². The van der Waals surface area contributed by atoms with Crippen molar-refractivity contribution in [1.82, 2.24) is 5.43 Å². The van der Waals surface area contributed by atoms with E-state index in [1.54, 1.807) is 18.2 Å².